The Morgan fingerprint density at radius 2 is 1.87 bits per heavy atom. The Kier molecular flexibility index (Phi) is 6.04. The number of aryl methyl sites for hydroxylation is 2. The molecule has 23 heavy (non-hydrogen) atoms. The predicted molar refractivity (Wildman–Crippen MR) is 107 cm³/mol. The number of rotatable bonds is 5. The van der Waals surface area contributed by atoms with Crippen LogP contribution in [0.15, 0.2) is 30.3 Å². The highest BCUT2D eigenvalue weighted by Crippen LogP contribution is 2.25. The van der Waals surface area contributed by atoms with E-state index in [-0.39, 0.29) is 9.36 Å². The lowest BCUT2D eigenvalue weighted by Crippen LogP contribution is -2.33. The van der Waals surface area contributed by atoms with E-state index in [4.69, 9.17) is 0 Å². The van der Waals surface area contributed by atoms with Gasteiger partial charge in [0.05, 0.1) is 3.55 Å². The van der Waals surface area contributed by atoms with Crippen molar-refractivity contribution in [1.29, 1.82) is 0 Å². The smallest absolute Gasteiger partial charge is 0.126 e. The molecule has 0 saturated heterocycles. The monoisotopic (exact) mass is 445 g/mol. The van der Waals surface area contributed by atoms with Crippen molar-refractivity contribution in [2.75, 3.05) is 0 Å². The van der Waals surface area contributed by atoms with Crippen LogP contribution >= 0.6 is 31.2 Å². The summed E-state index contributed by atoms with van der Waals surface area (Å²) in [4.78, 5) is 0. The van der Waals surface area contributed by atoms with Gasteiger partial charge in [0.15, 0.2) is 0 Å². The third-order valence-electron chi connectivity index (χ3n) is 3.48. The number of hydrogen-bond acceptors (Lipinski definition) is 2. The maximum Gasteiger partial charge on any atom is 0.126 e. The molecule has 0 spiro atoms. The normalized spacial score (nSPS) is 12.3. The number of phenols is 1. The first-order valence-corrected chi connectivity index (χ1v) is 9.53. The molecule has 2 nitrogen and oxygen atoms in total. The Morgan fingerprint density at radius 1 is 1.17 bits per heavy atom. The number of aromatic hydroxyl groups is 1. The van der Waals surface area contributed by atoms with Gasteiger partial charge in [0, 0.05) is 11.8 Å². The van der Waals surface area contributed by atoms with E-state index in [1.165, 1.54) is 6.07 Å². The first-order valence-electron chi connectivity index (χ1n) is 7.45. The minimum atomic E-state index is -0.230. The lowest BCUT2D eigenvalue weighted by Gasteiger charge is -2.20. The van der Waals surface area contributed by atoms with Crippen molar-refractivity contribution < 1.29 is 9.50 Å². The van der Waals surface area contributed by atoms with Crippen molar-refractivity contribution in [3.05, 3.63) is 52.8 Å². The highest BCUT2D eigenvalue weighted by atomic mass is 127. The molecule has 0 bridgehead atoms. The van der Waals surface area contributed by atoms with Gasteiger partial charge in [-0.25, -0.2) is 4.39 Å². The van der Waals surface area contributed by atoms with Gasteiger partial charge < -0.3 is 5.11 Å². The molecule has 2 aromatic rings. The first-order chi connectivity index (χ1) is 10.7. The van der Waals surface area contributed by atoms with Gasteiger partial charge in [-0.3, -0.25) is 5.32 Å². The van der Waals surface area contributed by atoms with Gasteiger partial charge in [-0.2, -0.15) is 0 Å². The van der Waals surface area contributed by atoms with Crippen LogP contribution in [0.5, 0.6) is 5.75 Å². The van der Waals surface area contributed by atoms with Gasteiger partial charge in [-0.05, 0) is 67.9 Å². The first kappa shape index (κ1) is 18.6. The van der Waals surface area contributed by atoms with Crippen LogP contribution in [0, 0.1) is 19.7 Å². The topological polar surface area (TPSA) is 32.3 Å². The van der Waals surface area contributed by atoms with Crippen molar-refractivity contribution in [2.45, 2.75) is 37.8 Å². The fourth-order valence-electron chi connectivity index (χ4n) is 2.34. The third kappa shape index (κ3) is 5.40. The molecular formula is C18H22FINOP. The van der Waals surface area contributed by atoms with Gasteiger partial charge in [0.2, 0.25) is 0 Å². The molecule has 2 aromatic carbocycles. The second kappa shape index (κ2) is 7.45. The number of nitrogens with one attached hydrogen (secondary N) is 1. The predicted octanol–water partition coefficient (Wildman–Crippen LogP) is 4.04. The van der Waals surface area contributed by atoms with Gasteiger partial charge in [-0.1, -0.05) is 43.3 Å². The van der Waals surface area contributed by atoms with E-state index in [2.05, 4.69) is 41.8 Å². The lowest BCUT2D eigenvalue weighted by molar-refractivity contribution is 0.475. The third-order valence-corrected chi connectivity index (χ3v) is 5.27. The molecule has 0 aromatic heterocycles. The average molecular weight is 445 g/mol. The minimum absolute atomic E-state index is 0.0630. The van der Waals surface area contributed by atoms with Crippen molar-refractivity contribution in [1.82, 2.24) is 5.32 Å². The maximum absolute atomic E-state index is 13.6. The summed E-state index contributed by atoms with van der Waals surface area (Å²) >= 11 is 2.32. The SMILES string of the molecule is Cc1cc(C)c(O)c(Pc2ccc(F)cc2CNC(C)(C)I)c1. The zero-order valence-corrected chi connectivity index (χ0v) is 17.0. The fraction of sp³-hybridized carbons (Fsp3) is 0.333. The Hall–Kier alpha value is -0.710. The van der Waals surface area contributed by atoms with Crippen molar-refractivity contribution in [2.24, 2.45) is 0 Å². The molecule has 0 radical (unpaired) electrons. The number of alkyl halides is 1. The Morgan fingerprint density at radius 3 is 2.52 bits per heavy atom. The molecule has 1 atom stereocenters. The summed E-state index contributed by atoms with van der Waals surface area (Å²) in [5.41, 5.74) is 2.94. The Labute approximate surface area is 152 Å². The highest BCUT2D eigenvalue weighted by Gasteiger charge is 2.14. The summed E-state index contributed by atoms with van der Waals surface area (Å²) in [5.74, 6) is 0.109. The zero-order valence-electron chi connectivity index (χ0n) is 13.8. The van der Waals surface area contributed by atoms with Crippen LogP contribution in [0.3, 0.4) is 0 Å². The van der Waals surface area contributed by atoms with Gasteiger partial charge in [0.1, 0.15) is 11.6 Å². The molecule has 124 valence electrons. The number of hydrogen-bond donors (Lipinski definition) is 2. The van der Waals surface area contributed by atoms with Crippen molar-refractivity contribution in [3.8, 4) is 5.75 Å². The molecule has 0 aliphatic heterocycles. The van der Waals surface area contributed by atoms with Crippen LogP contribution in [0.1, 0.15) is 30.5 Å². The summed E-state index contributed by atoms with van der Waals surface area (Å²) < 4.78 is 13.6. The van der Waals surface area contributed by atoms with Crippen molar-refractivity contribution in [3.63, 3.8) is 0 Å². The molecule has 0 heterocycles. The van der Waals surface area contributed by atoms with E-state index in [9.17, 15) is 9.50 Å². The summed E-state index contributed by atoms with van der Waals surface area (Å²) in [6.45, 7) is 8.67. The molecule has 0 amide bonds. The van der Waals surface area contributed by atoms with E-state index in [1.807, 2.05) is 32.0 Å². The van der Waals surface area contributed by atoms with Crippen LogP contribution in [0.2, 0.25) is 0 Å². The quantitative estimate of drug-likeness (QED) is 0.315. The second-order valence-corrected chi connectivity index (χ2v) is 10.3. The largest absolute Gasteiger partial charge is 0.507 e. The summed E-state index contributed by atoms with van der Waals surface area (Å²) in [6, 6.07) is 8.86. The second-order valence-electron chi connectivity index (χ2n) is 6.23. The molecule has 5 heteroatoms. The molecule has 0 fully saturated rings. The number of halogens is 2. The lowest BCUT2D eigenvalue weighted by atomic mass is 10.1. The maximum atomic E-state index is 13.6. The van der Waals surface area contributed by atoms with E-state index < -0.39 is 0 Å². The summed E-state index contributed by atoms with van der Waals surface area (Å²) in [5, 5.41) is 15.7. The van der Waals surface area contributed by atoms with E-state index in [0.717, 1.165) is 27.3 Å². The molecule has 0 aliphatic rings. The molecular weight excluding hydrogens is 423 g/mol. The van der Waals surface area contributed by atoms with Gasteiger partial charge in [0.25, 0.3) is 0 Å². The minimum Gasteiger partial charge on any atom is -0.507 e. The van der Waals surface area contributed by atoms with Crippen LogP contribution in [0.4, 0.5) is 4.39 Å². The number of benzene rings is 2. The summed E-state index contributed by atoms with van der Waals surface area (Å²) in [6.07, 6.45) is 0. The van der Waals surface area contributed by atoms with Gasteiger partial charge in [-0.15, -0.1) is 0 Å². The Balaban J connectivity index is 2.33. The summed E-state index contributed by atoms with van der Waals surface area (Å²) in [7, 11) is 0.298. The average Bonchev–Trinajstić information content (AvgIpc) is 2.43. The van der Waals surface area contributed by atoms with Crippen LogP contribution < -0.4 is 15.9 Å². The van der Waals surface area contributed by atoms with Crippen LogP contribution in [-0.4, -0.2) is 8.65 Å². The molecule has 2 rings (SSSR count). The van der Waals surface area contributed by atoms with Crippen LogP contribution in [-0.2, 0) is 6.54 Å². The van der Waals surface area contributed by atoms with Gasteiger partial charge >= 0.3 is 0 Å². The molecule has 0 saturated carbocycles. The standard InChI is InChI=1S/C18H22FINOP/c1-11-7-12(2)17(22)16(8-11)23-15-6-5-14(19)9-13(15)10-21-18(3,4)20/h5-9,21-23H,10H2,1-4H3. The van der Waals surface area contributed by atoms with E-state index in [1.54, 1.807) is 6.07 Å². The zero-order chi connectivity index (χ0) is 17.2. The number of phenolic OH excluding ortho intramolecular Hbond substituents is 1. The Bertz CT molecular complexity index is 713. The van der Waals surface area contributed by atoms with Crippen LogP contribution in [0.25, 0.3) is 0 Å². The highest BCUT2D eigenvalue weighted by molar-refractivity contribution is 14.1. The molecule has 2 N–H and O–H groups in total. The van der Waals surface area contributed by atoms with E-state index in [0.29, 0.717) is 20.9 Å². The molecule has 1 unspecified atom stereocenters. The molecule has 0 aliphatic carbocycles. The van der Waals surface area contributed by atoms with E-state index >= 15 is 0 Å². The fourth-order valence-corrected chi connectivity index (χ4v) is 3.92. The van der Waals surface area contributed by atoms with Crippen molar-refractivity contribution >= 4 is 41.8 Å².